The Hall–Kier alpha value is -1.62. The molecule has 0 saturated carbocycles. The summed E-state index contributed by atoms with van der Waals surface area (Å²) in [6.07, 6.45) is 0. The minimum Gasteiger partial charge on any atom is -0.369 e. The highest BCUT2D eigenvalue weighted by atomic mass is 32.2. The van der Waals surface area contributed by atoms with E-state index in [-0.39, 0.29) is 10.7 Å². The van der Waals surface area contributed by atoms with Crippen molar-refractivity contribution in [2.24, 2.45) is 5.92 Å². The molecule has 0 N–H and O–H groups in total. The zero-order valence-electron chi connectivity index (χ0n) is 18.6. The standard InChI is InChI=1S/C25H37N3S/c1-5-29(21-24-9-7-6-8-10-24)28(19-22(2)3)20-23-11-13-25(14-12-23)27-17-15-26(4)16-18-27/h5-14,22H,15-21H2,1-4H3. The van der Waals surface area contributed by atoms with Gasteiger partial charge in [0.25, 0.3) is 0 Å². The van der Waals surface area contributed by atoms with Crippen LogP contribution in [0.15, 0.2) is 54.6 Å². The number of benzene rings is 2. The first-order valence-electron chi connectivity index (χ1n) is 10.9. The maximum Gasteiger partial charge on any atom is 0.0367 e. The lowest BCUT2D eigenvalue weighted by atomic mass is 10.1. The molecule has 0 spiro atoms. The zero-order valence-corrected chi connectivity index (χ0v) is 19.4. The normalized spacial score (nSPS) is 16.7. The van der Waals surface area contributed by atoms with Gasteiger partial charge in [-0.05, 0) is 48.5 Å². The molecule has 4 heteroatoms. The molecule has 0 bridgehead atoms. The summed E-state index contributed by atoms with van der Waals surface area (Å²) in [5, 5.41) is 2.40. The van der Waals surface area contributed by atoms with E-state index in [0.29, 0.717) is 5.92 Å². The fourth-order valence-corrected chi connectivity index (χ4v) is 5.79. The van der Waals surface area contributed by atoms with Gasteiger partial charge in [-0.2, -0.15) is 0 Å². The molecule has 1 unspecified atom stereocenters. The molecule has 29 heavy (non-hydrogen) atoms. The average Bonchev–Trinajstić information content (AvgIpc) is 2.73. The molecule has 2 aromatic rings. The van der Waals surface area contributed by atoms with Crippen molar-refractivity contribution in [3.63, 3.8) is 0 Å². The Balaban J connectivity index is 1.69. The molecular formula is C25H37N3S. The van der Waals surface area contributed by atoms with Crippen LogP contribution >= 0.6 is 10.7 Å². The van der Waals surface area contributed by atoms with E-state index in [1.54, 1.807) is 0 Å². The monoisotopic (exact) mass is 411 g/mol. The van der Waals surface area contributed by atoms with Gasteiger partial charge in [-0.25, -0.2) is 0 Å². The van der Waals surface area contributed by atoms with E-state index in [2.05, 4.69) is 102 Å². The molecule has 0 radical (unpaired) electrons. The number of hydrogen-bond acceptors (Lipinski definition) is 3. The van der Waals surface area contributed by atoms with Crippen LogP contribution in [0.4, 0.5) is 5.69 Å². The van der Waals surface area contributed by atoms with Crippen LogP contribution in [0.3, 0.4) is 0 Å². The van der Waals surface area contributed by atoms with Gasteiger partial charge in [0.05, 0.1) is 0 Å². The van der Waals surface area contributed by atoms with E-state index in [4.69, 9.17) is 0 Å². The maximum atomic E-state index is 2.67. The molecule has 1 aliphatic rings. The van der Waals surface area contributed by atoms with Crippen LogP contribution in [0.2, 0.25) is 0 Å². The number of likely N-dealkylation sites (N-methyl/N-ethyl adjacent to an activating group) is 1. The van der Waals surface area contributed by atoms with Gasteiger partial charge in [-0.1, -0.05) is 56.3 Å². The fraction of sp³-hybridized carbons (Fsp3) is 0.480. The third kappa shape index (κ3) is 6.70. The predicted molar refractivity (Wildman–Crippen MR) is 131 cm³/mol. The van der Waals surface area contributed by atoms with Crippen LogP contribution in [0.1, 0.15) is 31.9 Å². The fourth-order valence-electron chi connectivity index (χ4n) is 3.80. The van der Waals surface area contributed by atoms with E-state index in [0.717, 1.165) is 45.0 Å². The Morgan fingerprint density at radius 3 is 2.17 bits per heavy atom. The summed E-state index contributed by atoms with van der Waals surface area (Å²) in [5.74, 6) is 1.76. The van der Waals surface area contributed by atoms with E-state index < -0.39 is 0 Å². The average molecular weight is 412 g/mol. The topological polar surface area (TPSA) is 9.72 Å². The van der Waals surface area contributed by atoms with Crippen LogP contribution in [-0.2, 0) is 12.3 Å². The van der Waals surface area contributed by atoms with E-state index in [1.165, 1.54) is 16.8 Å². The summed E-state index contributed by atoms with van der Waals surface area (Å²) in [7, 11) is 2.35. The molecule has 0 aromatic heterocycles. The third-order valence-electron chi connectivity index (χ3n) is 5.49. The number of rotatable bonds is 8. The van der Waals surface area contributed by atoms with Crippen molar-refractivity contribution in [1.82, 2.24) is 9.21 Å². The van der Waals surface area contributed by atoms with Gasteiger partial charge in [0.15, 0.2) is 0 Å². The summed E-state index contributed by atoms with van der Waals surface area (Å²) in [6, 6.07) is 20.2. The maximum absolute atomic E-state index is 2.67. The SMILES string of the molecule is CC=S(Cc1ccccc1)N(Cc1ccc(N2CCN(C)CC2)cc1)CC(C)C. The molecule has 3 rings (SSSR count). The van der Waals surface area contributed by atoms with Crippen molar-refractivity contribution >= 4 is 21.7 Å². The van der Waals surface area contributed by atoms with Crippen LogP contribution in [0.5, 0.6) is 0 Å². The first kappa shape index (κ1) is 22.1. The molecule has 3 nitrogen and oxygen atoms in total. The van der Waals surface area contributed by atoms with Gasteiger partial charge in [0, 0.05) is 50.7 Å². The third-order valence-corrected chi connectivity index (χ3v) is 7.61. The van der Waals surface area contributed by atoms with Crippen molar-refractivity contribution in [1.29, 1.82) is 0 Å². The number of anilines is 1. The van der Waals surface area contributed by atoms with Gasteiger partial charge in [0.2, 0.25) is 0 Å². The molecule has 1 fully saturated rings. The Labute approximate surface area is 180 Å². The van der Waals surface area contributed by atoms with Crippen molar-refractivity contribution < 1.29 is 0 Å². The lowest BCUT2D eigenvalue weighted by Crippen LogP contribution is -2.44. The highest BCUT2D eigenvalue weighted by Gasteiger charge is 2.15. The summed E-state index contributed by atoms with van der Waals surface area (Å²) in [4.78, 5) is 4.92. The largest absolute Gasteiger partial charge is 0.369 e. The first-order valence-corrected chi connectivity index (χ1v) is 12.3. The molecule has 2 aromatic carbocycles. The quantitative estimate of drug-likeness (QED) is 0.559. The minimum absolute atomic E-state index is 0.137. The van der Waals surface area contributed by atoms with E-state index in [1.807, 2.05) is 0 Å². The number of hydrogen-bond donors (Lipinski definition) is 0. The highest BCUT2D eigenvalue weighted by Crippen LogP contribution is 2.29. The second-order valence-corrected chi connectivity index (χ2v) is 10.5. The van der Waals surface area contributed by atoms with Crippen molar-refractivity contribution in [3.05, 3.63) is 65.7 Å². The minimum atomic E-state index is 0.137. The number of nitrogens with zero attached hydrogens (tertiary/aromatic N) is 3. The molecule has 0 aliphatic carbocycles. The second-order valence-electron chi connectivity index (χ2n) is 8.44. The lowest BCUT2D eigenvalue weighted by molar-refractivity contribution is 0.313. The predicted octanol–water partition coefficient (Wildman–Crippen LogP) is 5.10. The Morgan fingerprint density at radius 1 is 0.931 bits per heavy atom. The number of piperazine rings is 1. The smallest absolute Gasteiger partial charge is 0.0367 e. The van der Waals surface area contributed by atoms with Crippen LogP contribution in [0, 0.1) is 5.92 Å². The van der Waals surface area contributed by atoms with Gasteiger partial charge in [-0.15, -0.1) is 10.7 Å². The molecule has 1 atom stereocenters. The lowest BCUT2D eigenvalue weighted by Gasteiger charge is -2.34. The van der Waals surface area contributed by atoms with E-state index >= 15 is 0 Å². The van der Waals surface area contributed by atoms with Crippen molar-refractivity contribution in [2.75, 3.05) is 44.7 Å². The van der Waals surface area contributed by atoms with Gasteiger partial charge in [0.1, 0.15) is 0 Å². The van der Waals surface area contributed by atoms with Gasteiger partial charge in [-0.3, -0.25) is 4.31 Å². The van der Waals surface area contributed by atoms with Crippen LogP contribution in [-0.4, -0.2) is 54.3 Å². The van der Waals surface area contributed by atoms with Crippen LogP contribution in [0.25, 0.3) is 0 Å². The molecule has 1 saturated heterocycles. The van der Waals surface area contributed by atoms with Gasteiger partial charge < -0.3 is 9.80 Å². The Morgan fingerprint density at radius 2 is 1.59 bits per heavy atom. The molecule has 0 amide bonds. The molecule has 1 heterocycles. The molecular weight excluding hydrogens is 374 g/mol. The van der Waals surface area contributed by atoms with Crippen LogP contribution < -0.4 is 4.90 Å². The molecule has 1 aliphatic heterocycles. The molecule has 158 valence electrons. The highest BCUT2D eigenvalue weighted by molar-refractivity contribution is 8.12. The van der Waals surface area contributed by atoms with E-state index in [9.17, 15) is 0 Å². The zero-order chi connectivity index (χ0) is 20.6. The Bertz CT molecular complexity index is 762. The summed E-state index contributed by atoms with van der Waals surface area (Å²) in [6.45, 7) is 13.6. The summed E-state index contributed by atoms with van der Waals surface area (Å²) in [5.41, 5.74) is 4.20. The first-order chi connectivity index (χ1) is 14.0. The van der Waals surface area contributed by atoms with Crippen molar-refractivity contribution in [2.45, 2.75) is 33.1 Å². The second kappa shape index (κ2) is 11.0. The Kier molecular flexibility index (Phi) is 8.34. The summed E-state index contributed by atoms with van der Waals surface area (Å²) < 4.78 is 2.67. The van der Waals surface area contributed by atoms with Gasteiger partial charge >= 0.3 is 0 Å². The van der Waals surface area contributed by atoms with Crippen molar-refractivity contribution in [3.8, 4) is 0 Å². The summed E-state index contributed by atoms with van der Waals surface area (Å²) >= 11 is 0.